The smallest absolute Gasteiger partial charge is 0.238 e. The van der Waals surface area contributed by atoms with Gasteiger partial charge in [0.05, 0.1) is 43.3 Å². The van der Waals surface area contributed by atoms with Crippen molar-refractivity contribution >= 4 is 56.0 Å². The van der Waals surface area contributed by atoms with E-state index in [1.807, 2.05) is 103 Å². The number of fused-ring (bicyclic) bond motifs is 4. The SMILES string of the molecule is O=S1c2ccccc2N(c2ccccc2)c2cc3c(cc21)-c1cccc2cccc(c12)N3c1nc(-c2ccccc2)nc(-c2ccccc2)n1. The summed E-state index contributed by atoms with van der Waals surface area (Å²) in [6, 6.07) is 55.3. The van der Waals surface area contributed by atoms with Crippen molar-refractivity contribution in [3.63, 3.8) is 0 Å². The number of hydrogen-bond donors (Lipinski definition) is 0. The Balaban J connectivity index is 1.29. The summed E-state index contributed by atoms with van der Waals surface area (Å²) >= 11 is 0. The maximum absolute atomic E-state index is 14.5. The van der Waals surface area contributed by atoms with Crippen LogP contribution in [0.1, 0.15) is 0 Å². The van der Waals surface area contributed by atoms with E-state index in [0.717, 1.165) is 71.3 Å². The Morgan fingerprint density at radius 3 is 1.74 bits per heavy atom. The van der Waals surface area contributed by atoms with Gasteiger partial charge in [-0.05, 0) is 53.4 Å². The Morgan fingerprint density at radius 1 is 0.440 bits per heavy atom. The van der Waals surface area contributed by atoms with Crippen LogP contribution in [0.5, 0.6) is 0 Å². The van der Waals surface area contributed by atoms with Gasteiger partial charge in [-0.15, -0.1) is 0 Å². The summed E-state index contributed by atoms with van der Waals surface area (Å²) in [6.45, 7) is 0. The summed E-state index contributed by atoms with van der Waals surface area (Å²) in [7, 11) is -1.40. The third kappa shape index (κ3) is 4.41. The van der Waals surface area contributed by atoms with Gasteiger partial charge >= 0.3 is 0 Å². The van der Waals surface area contributed by atoms with Gasteiger partial charge in [0.2, 0.25) is 5.95 Å². The lowest BCUT2D eigenvalue weighted by atomic mass is 9.91. The number of para-hydroxylation sites is 2. The van der Waals surface area contributed by atoms with E-state index in [-0.39, 0.29) is 0 Å². The molecule has 2 aliphatic rings. The van der Waals surface area contributed by atoms with Crippen molar-refractivity contribution in [3.05, 3.63) is 164 Å². The molecule has 1 atom stereocenters. The molecule has 0 bridgehead atoms. The molecule has 7 heteroatoms. The minimum atomic E-state index is -1.40. The van der Waals surface area contributed by atoms with Crippen molar-refractivity contribution in [2.75, 3.05) is 9.80 Å². The van der Waals surface area contributed by atoms with Crippen molar-refractivity contribution < 1.29 is 4.21 Å². The number of rotatable bonds is 4. The molecular weight excluding hydrogens is 635 g/mol. The van der Waals surface area contributed by atoms with Crippen LogP contribution in [-0.4, -0.2) is 19.2 Å². The minimum absolute atomic E-state index is 0.504. The van der Waals surface area contributed by atoms with E-state index in [2.05, 4.69) is 70.5 Å². The van der Waals surface area contributed by atoms with Gasteiger partial charge in [0, 0.05) is 27.8 Å². The summed E-state index contributed by atoms with van der Waals surface area (Å²) in [5.74, 6) is 1.67. The molecular formula is C43H27N5OS. The first-order chi connectivity index (χ1) is 24.7. The van der Waals surface area contributed by atoms with E-state index >= 15 is 0 Å². The second-order valence-electron chi connectivity index (χ2n) is 12.3. The van der Waals surface area contributed by atoms with Crippen LogP contribution in [0.25, 0.3) is 44.7 Å². The Kier molecular flexibility index (Phi) is 6.47. The van der Waals surface area contributed by atoms with Crippen LogP contribution in [0.3, 0.4) is 0 Å². The first kappa shape index (κ1) is 28.6. The molecule has 0 radical (unpaired) electrons. The van der Waals surface area contributed by atoms with E-state index in [0.29, 0.717) is 17.6 Å². The molecule has 236 valence electrons. The lowest BCUT2D eigenvalue weighted by Gasteiger charge is -2.37. The maximum Gasteiger partial charge on any atom is 0.238 e. The molecule has 0 spiro atoms. The summed E-state index contributed by atoms with van der Waals surface area (Å²) in [5, 5.41) is 2.19. The minimum Gasteiger partial charge on any atom is -0.308 e. The Morgan fingerprint density at radius 2 is 1.04 bits per heavy atom. The number of nitrogens with zero attached hydrogens (tertiary/aromatic N) is 5. The van der Waals surface area contributed by atoms with Gasteiger partial charge in [-0.3, -0.25) is 4.90 Å². The highest BCUT2D eigenvalue weighted by atomic mass is 32.2. The van der Waals surface area contributed by atoms with Crippen molar-refractivity contribution in [3.8, 4) is 33.9 Å². The molecule has 3 heterocycles. The van der Waals surface area contributed by atoms with Crippen molar-refractivity contribution in [1.29, 1.82) is 0 Å². The number of hydrogen-bond acceptors (Lipinski definition) is 6. The molecule has 0 aliphatic carbocycles. The quantitative estimate of drug-likeness (QED) is 0.187. The lowest BCUT2D eigenvalue weighted by molar-refractivity contribution is 0.682. The average molecular weight is 662 g/mol. The standard InChI is InChI=1S/C43H27N5OS/c49-50-38-25-11-10-23-34(38)47(31-20-8-3-9-21-31)37-27-36-33(26-39(37)50)32-22-12-18-28-19-13-24-35(40(28)32)48(36)43-45-41(29-14-4-1-5-15-29)44-42(46-43)30-16-6-2-7-17-30/h1-27H. The van der Waals surface area contributed by atoms with E-state index < -0.39 is 10.8 Å². The number of aromatic nitrogens is 3. The van der Waals surface area contributed by atoms with Gasteiger partial charge in [0.15, 0.2) is 11.6 Å². The summed E-state index contributed by atoms with van der Waals surface area (Å²) in [4.78, 5) is 21.2. The fourth-order valence-electron chi connectivity index (χ4n) is 7.16. The van der Waals surface area contributed by atoms with Crippen molar-refractivity contribution in [2.45, 2.75) is 9.79 Å². The monoisotopic (exact) mass is 661 g/mol. The van der Waals surface area contributed by atoms with E-state index in [1.54, 1.807) is 0 Å². The van der Waals surface area contributed by atoms with Crippen LogP contribution < -0.4 is 9.80 Å². The average Bonchev–Trinajstić information content (AvgIpc) is 3.19. The topological polar surface area (TPSA) is 62.2 Å². The van der Waals surface area contributed by atoms with Crippen LogP contribution in [-0.2, 0) is 10.8 Å². The van der Waals surface area contributed by atoms with E-state index in [9.17, 15) is 4.21 Å². The maximum atomic E-state index is 14.5. The second-order valence-corrected chi connectivity index (χ2v) is 13.7. The molecule has 0 fully saturated rings. The Labute approximate surface area is 291 Å². The highest BCUT2D eigenvalue weighted by Crippen LogP contribution is 2.55. The normalized spacial score (nSPS) is 14.2. The molecule has 10 rings (SSSR count). The fourth-order valence-corrected chi connectivity index (χ4v) is 8.51. The predicted octanol–water partition coefficient (Wildman–Crippen LogP) is 10.8. The molecule has 0 amide bonds. The Hall–Kier alpha value is -6.44. The number of benzene rings is 7. The molecule has 1 aromatic heterocycles. The first-order valence-corrected chi connectivity index (χ1v) is 17.6. The van der Waals surface area contributed by atoms with Gasteiger partial charge in [0.25, 0.3) is 0 Å². The molecule has 7 aromatic carbocycles. The lowest BCUT2D eigenvalue weighted by Crippen LogP contribution is -2.23. The molecule has 0 N–H and O–H groups in total. The highest BCUT2D eigenvalue weighted by molar-refractivity contribution is 7.85. The molecule has 50 heavy (non-hydrogen) atoms. The molecule has 0 saturated heterocycles. The molecule has 1 unspecified atom stereocenters. The van der Waals surface area contributed by atoms with Crippen molar-refractivity contribution in [1.82, 2.24) is 15.0 Å². The largest absolute Gasteiger partial charge is 0.308 e. The van der Waals surface area contributed by atoms with Crippen LogP contribution in [0, 0.1) is 0 Å². The summed E-state index contributed by atoms with van der Waals surface area (Å²) in [5.41, 5.74) is 8.45. The third-order valence-corrected chi connectivity index (χ3v) is 10.9. The summed E-state index contributed by atoms with van der Waals surface area (Å²) in [6.07, 6.45) is 0. The predicted molar refractivity (Wildman–Crippen MR) is 201 cm³/mol. The molecule has 2 aliphatic heterocycles. The van der Waals surface area contributed by atoms with Gasteiger partial charge in [-0.25, -0.2) is 9.19 Å². The molecule has 6 nitrogen and oxygen atoms in total. The number of anilines is 6. The van der Waals surface area contributed by atoms with Gasteiger partial charge in [-0.2, -0.15) is 9.97 Å². The Bertz CT molecular complexity index is 2570. The van der Waals surface area contributed by atoms with Gasteiger partial charge in [0.1, 0.15) is 0 Å². The highest BCUT2D eigenvalue weighted by Gasteiger charge is 2.35. The molecule has 0 saturated carbocycles. The zero-order valence-electron chi connectivity index (χ0n) is 26.6. The van der Waals surface area contributed by atoms with Crippen LogP contribution >= 0.6 is 0 Å². The second kappa shape index (κ2) is 11.3. The summed E-state index contributed by atoms with van der Waals surface area (Å²) < 4.78 is 14.5. The zero-order valence-corrected chi connectivity index (χ0v) is 27.5. The molecule has 8 aromatic rings. The van der Waals surface area contributed by atoms with Crippen LogP contribution in [0.4, 0.5) is 34.4 Å². The first-order valence-electron chi connectivity index (χ1n) is 16.5. The van der Waals surface area contributed by atoms with Crippen LogP contribution in [0.2, 0.25) is 0 Å². The van der Waals surface area contributed by atoms with Crippen LogP contribution in [0.15, 0.2) is 174 Å². The van der Waals surface area contributed by atoms with Gasteiger partial charge in [-0.1, -0.05) is 121 Å². The van der Waals surface area contributed by atoms with Gasteiger partial charge < -0.3 is 4.90 Å². The van der Waals surface area contributed by atoms with E-state index in [1.165, 1.54) is 0 Å². The third-order valence-electron chi connectivity index (χ3n) is 9.38. The zero-order chi connectivity index (χ0) is 33.2. The van der Waals surface area contributed by atoms with Crippen molar-refractivity contribution in [2.24, 2.45) is 0 Å². The fraction of sp³-hybridized carbons (Fsp3) is 0. The van der Waals surface area contributed by atoms with E-state index in [4.69, 9.17) is 15.0 Å².